The van der Waals surface area contributed by atoms with E-state index in [0.717, 1.165) is 19.3 Å². The van der Waals surface area contributed by atoms with Crippen molar-refractivity contribution in [2.45, 2.75) is 51.7 Å². The predicted octanol–water partition coefficient (Wildman–Crippen LogP) is 0.963. The average Bonchev–Trinajstić information content (AvgIpc) is 2.89. The Morgan fingerprint density at radius 1 is 1.32 bits per heavy atom. The highest BCUT2D eigenvalue weighted by molar-refractivity contribution is 7.84. The third kappa shape index (κ3) is 3.27. The molecule has 7 heteroatoms. The van der Waals surface area contributed by atoms with Crippen LogP contribution in [0.15, 0.2) is 0 Å². The molecule has 0 spiro atoms. The van der Waals surface area contributed by atoms with Crippen LogP contribution >= 0.6 is 0 Å². The number of hydrogen-bond donors (Lipinski definition) is 1. The van der Waals surface area contributed by atoms with E-state index >= 15 is 0 Å². The third-order valence-electron chi connectivity index (χ3n) is 4.28. The molecule has 0 aliphatic heterocycles. The van der Waals surface area contributed by atoms with Gasteiger partial charge in [-0.05, 0) is 37.5 Å². The van der Waals surface area contributed by atoms with Gasteiger partial charge in [0.25, 0.3) is 0 Å². The molecule has 0 radical (unpaired) electrons. The van der Waals surface area contributed by atoms with E-state index in [1.807, 2.05) is 6.92 Å². The molecule has 2 N–H and O–H groups in total. The molecule has 2 rings (SSSR count). The van der Waals surface area contributed by atoms with Crippen molar-refractivity contribution >= 4 is 16.3 Å². The highest BCUT2D eigenvalue weighted by Gasteiger charge is 2.52. The number of esters is 1. The zero-order chi connectivity index (χ0) is 14.2. The summed E-state index contributed by atoms with van der Waals surface area (Å²) in [4.78, 5) is 11.9. The van der Waals surface area contributed by atoms with Crippen molar-refractivity contribution in [1.29, 1.82) is 0 Å². The lowest BCUT2D eigenvalue weighted by atomic mass is 9.94. The van der Waals surface area contributed by atoms with Gasteiger partial charge in [0.05, 0.1) is 5.92 Å². The Kier molecular flexibility index (Phi) is 4.17. The summed E-state index contributed by atoms with van der Waals surface area (Å²) in [5.41, 5.74) is 0. The molecule has 19 heavy (non-hydrogen) atoms. The largest absolute Gasteiger partial charge is 0.459 e. The van der Waals surface area contributed by atoms with E-state index in [0.29, 0.717) is 6.42 Å². The van der Waals surface area contributed by atoms with E-state index in [1.54, 1.807) is 6.92 Å². The third-order valence-corrected chi connectivity index (χ3v) is 4.77. The van der Waals surface area contributed by atoms with Gasteiger partial charge >= 0.3 is 16.3 Å². The van der Waals surface area contributed by atoms with E-state index in [9.17, 15) is 13.2 Å². The second-order valence-corrected chi connectivity index (χ2v) is 6.78. The first-order valence-electron chi connectivity index (χ1n) is 6.73. The zero-order valence-electron chi connectivity index (χ0n) is 11.2. The van der Waals surface area contributed by atoms with E-state index < -0.39 is 22.5 Å². The van der Waals surface area contributed by atoms with Crippen molar-refractivity contribution in [3.63, 3.8) is 0 Å². The fourth-order valence-electron chi connectivity index (χ4n) is 3.05. The minimum absolute atomic E-state index is 0.123. The van der Waals surface area contributed by atoms with E-state index in [4.69, 9.17) is 14.1 Å². The van der Waals surface area contributed by atoms with Crippen LogP contribution in [-0.4, -0.2) is 26.6 Å². The predicted molar refractivity (Wildman–Crippen MR) is 68.1 cm³/mol. The lowest BCUT2D eigenvalue weighted by molar-refractivity contribution is -0.161. The van der Waals surface area contributed by atoms with Gasteiger partial charge in [-0.1, -0.05) is 13.8 Å². The summed E-state index contributed by atoms with van der Waals surface area (Å²) in [7, 11) is -4.02. The van der Waals surface area contributed by atoms with Crippen LogP contribution in [0.2, 0.25) is 0 Å². The van der Waals surface area contributed by atoms with Gasteiger partial charge in [0, 0.05) is 0 Å². The molecule has 2 fully saturated rings. The Morgan fingerprint density at radius 3 is 2.42 bits per heavy atom. The number of fused-ring (bicyclic) bond motifs is 2. The summed E-state index contributed by atoms with van der Waals surface area (Å²) in [6.07, 6.45) is 2.31. The zero-order valence-corrected chi connectivity index (χ0v) is 12.1. The van der Waals surface area contributed by atoms with Gasteiger partial charge in [-0.2, -0.15) is 8.42 Å². The molecule has 5 atom stereocenters. The monoisotopic (exact) mass is 291 g/mol. The Morgan fingerprint density at radius 2 is 1.89 bits per heavy atom. The number of nitrogens with two attached hydrogens (primary N) is 1. The summed E-state index contributed by atoms with van der Waals surface area (Å²) >= 11 is 0. The number of carbonyl (C=O) groups is 1. The van der Waals surface area contributed by atoms with Crippen molar-refractivity contribution in [3.8, 4) is 0 Å². The summed E-state index contributed by atoms with van der Waals surface area (Å²) in [5, 5.41) is 4.94. The Labute approximate surface area is 113 Å². The normalized spacial score (nSPS) is 35.3. The molecule has 2 bridgehead atoms. The molecular formula is C12H21NO5S. The number of carbonyl (C=O) groups excluding carboxylic acids is 1. The first-order valence-corrected chi connectivity index (χ1v) is 8.20. The van der Waals surface area contributed by atoms with Crippen LogP contribution in [0.25, 0.3) is 0 Å². The van der Waals surface area contributed by atoms with E-state index in [2.05, 4.69) is 0 Å². The fraction of sp³-hybridized carbons (Fsp3) is 0.917. The first-order chi connectivity index (χ1) is 8.81. The van der Waals surface area contributed by atoms with Gasteiger partial charge in [0.15, 0.2) is 0 Å². The molecular weight excluding hydrogens is 270 g/mol. The lowest BCUT2D eigenvalue weighted by Crippen LogP contribution is -2.41. The molecule has 5 unspecified atom stereocenters. The van der Waals surface area contributed by atoms with Crippen molar-refractivity contribution in [2.75, 3.05) is 0 Å². The van der Waals surface area contributed by atoms with Gasteiger partial charge < -0.3 is 4.74 Å². The maximum Gasteiger partial charge on any atom is 0.333 e. The Bertz CT molecular complexity index is 449. The van der Waals surface area contributed by atoms with Crippen LogP contribution in [-0.2, 0) is 24.0 Å². The molecule has 110 valence electrons. The molecule has 0 aromatic rings. The lowest BCUT2D eigenvalue weighted by Gasteiger charge is -2.30. The van der Waals surface area contributed by atoms with Crippen molar-refractivity contribution < 1.29 is 22.1 Å². The second kappa shape index (κ2) is 5.38. The van der Waals surface area contributed by atoms with Gasteiger partial charge in [-0.15, -0.1) is 0 Å². The maximum absolute atomic E-state index is 11.9. The summed E-state index contributed by atoms with van der Waals surface area (Å²) in [6.45, 7) is 3.70. The smallest absolute Gasteiger partial charge is 0.333 e. The highest BCUT2D eigenvalue weighted by Crippen LogP contribution is 2.48. The summed E-state index contributed by atoms with van der Waals surface area (Å²) in [5.74, 6) is -0.153. The summed E-state index contributed by atoms with van der Waals surface area (Å²) in [6, 6.07) is 0. The van der Waals surface area contributed by atoms with E-state index in [-0.39, 0.29) is 23.7 Å². The molecule has 0 aromatic heterocycles. The van der Waals surface area contributed by atoms with Crippen molar-refractivity contribution in [2.24, 2.45) is 22.9 Å². The molecule has 2 aliphatic rings. The van der Waals surface area contributed by atoms with Crippen LogP contribution in [0.1, 0.15) is 39.5 Å². The molecule has 0 saturated heterocycles. The van der Waals surface area contributed by atoms with Gasteiger partial charge in [0.1, 0.15) is 12.2 Å². The molecule has 2 saturated carbocycles. The van der Waals surface area contributed by atoms with Crippen LogP contribution < -0.4 is 5.14 Å². The average molecular weight is 291 g/mol. The topological polar surface area (TPSA) is 95.7 Å². The van der Waals surface area contributed by atoms with Crippen LogP contribution in [0.4, 0.5) is 0 Å². The minimum Gasteiger partial charge on any atom is -0.459 e. The van der Waals surface area contributed by atoms with Crippen LogP contribution in [0.5, 0.6) is 0 Å². The van der Waals surface area contributed by atoms with Crippen molar-refractivity contribution in [3.05, 3.63) is 0 Å². The number of hydrogen-bond acceptors (Lipinski definition) is 5. The Hall–Kier alpha value is -0.660. The quantitative estimate of drug-likeness (QED) is 0.761. The van der Waals surface area contributed by atoms with Crippen LogP contribution in [0.3, 0.4) is 0 Å². The van der Waals surface area contributed by atoms with Gasteiger partial charge in [0.2, 0.25) is 0 Å². The highest BCUT2D eigenvalue weighted by atomic mass is 32.2. The van der Waals surface area contributed by atoms with Crippen LogP contribution in [0, 0.1) is 17.8 Å². The fourth-order valence-corrected chi connectivity index (χ4v) is 3.63. The summed E-state index contributed by atoms with van der Waals surface area (Å²) < 4.78 is 32.6. The molecule has 0 heterocycles. The molecule has 0 aromatic carbocycles. The number of rotatable bonds is 5. The molecule has 6 nitrogen and oxygen atoms in total. The second-order valence-electron chi connectivity index (χ2n) is 5.60. The molecule has 2 aliphatic carbocycles. The first kappa shape index (κ1) is 14.7. The number of ether oxygens (including phenoxy) is 1. The molecule has 0 amide bonds. The minimum atomic E-state index is -4.02. The van der Waals surface area contributed by atoms with Gasteiger partial charge in [-0.25, -0.2) is 5.14 Å². The van der Waals surface area contributed by atoms with Gasteiger partial charge in [-0.3, -0.25) is 8.98 Å². The van der Waals surface area contributed by atoms with Crippen molar-refractivity contribution in [1.82, 2.24) is 0 Å². The maximum atomic E-state index is 11.9. The Balaban J connectivity index is 2.06. The van der Waals surface area contributed by atoms with E-state index in [1.165, 1.54) is 0 Å². The SMILES string of the molecule is CCC(C)C(=O)OC1C2CCC(C2)C1OS(N)(=O)=O. The standard InChI is InChI=1S/C12H21NO5S/c1-3-7(2)12(14)17-10-8-4-5-9(6-8)11(10)18-19(13,15)16/h7-11H,3-6H2,1-2H3,(H2,13,15,16).